The van der Waals surface area contributed by atoms with Crippen LogP contribution < -0.4 is 4.90 Å². The van der Waals surface area contributed by atoms with Crippen LogP contribution in [0.2, 0.25) is 0 Å². The largest absolute Gasteiger partial charge is 0.348 e. The van der Waals surface area contributed by atoms with Gasteiger partial charge in [-0.05, 0) is 42.5 Å². The lowest BCUT2D eigenvalue weighted by Gasteiger charge is -2.34. The summed E-state index contributed by atoms with van der Waals surface area (Å²) in [5.74, 6) is 1.50. The minimum Gasteiger partial charge on any atom is -0.348 e. The van der Waals surface area contributed by atoms with E-state index < -0.39 is 0 Å². The molecule has 3 aromatic rings. The second kappa shape index (κ2) is 5.04. The number of hydrogen-bond donors (Lipinski definition) is 0. The van der Waals surface area contributed by atoms with Crippen LogP contribution in [-0.2, 0) is 12.3 Å². The van der Waals surface area contributed by atoms with E-state index in [1.807, 2.05) is 35.7 Å². The first-order valence-electron chi connectivity index (χ1n) is 7.14. The standard InChI is InChI=1S/C16H16ClN3S/c1-11-12-6-9-21-14(12)5-8-19(11)16-13(10-17)20-7-3-2-4-15(20)18-16/h2-4,6-7,9,11H,5,8,10H2,1H3. The Morgan fingerprint density at radius 2 is 2.29 bits per heavy atom. The molecule has 0 saturated carbocycles. The van der Waals surface area contributed by atoms with Gasteiger partial charge in [-0.1, -0.05) is 6.07 Å². The Labute approximate surface area is 132 Å². The number of pyridine rings is 1. The Morgan fingerprint density at radius 3 is 3.14 bits per heavy atom. The number of aromatic nitrogens is 2. The predicted octanol–water partition coefficient (Wildman–Crippen LogP) is 4.26. The third-order valence-electron chi connectivity index (χ3n) is 4.28. The predicted molar refractivity (Wildman–Crippen MR) is 88.5 cm³/mol. The summed E-state index contributed by atoms with van der Waals surface area (Å²) in [6, 6.07) is 8.66. The van der Waals surface area contributed by atoms with E-state index in [2.05, 4.69) is 27.7 Å². The van der Waals surface area contributed by atoms with E-state index >= 15 is 0 Å². The van der Waals surface area contributed by atoms with Gasteiger partial charge < -0.3 is 9.30 Å². The number of hydrogen-bond acceptors (Lipinski definition) is 3. The topological polar surface area (TPSA) is 20.5 Å². The van der Waals surface area contributed by atoms with Crippen molar-refractivity contribution in [2.24, 2.45) is 0 Å². The fourth-order valence-electron chi connectivity index (χ4n) is 3.19. The Hall–Kier alpha value is -1.52. The molecule has 1 aliphatic rings. The number of alkyl halides is 1. The number of anilines is 1. The van der Waals surface area contributed by atoms with Crippen molar-refractivity contribution in [1.82, 2.24) is 9.38 Å². The zero-order valence-corrected chi connectivity index (χ0v) is 13.4. The Bertz CT molecular complexity index is 792. The fourth-order valence-corrected chi connectivity index (χ4v) is 4.40. The van der Waals surface area contributed by atoms with Crippen molar-refractivity contribution in [3.63, 3.8) is 0 Å². The van der Waals surface area contributed by atoms with E-state index in [9.17, 15) is 0 Å². The summed E-state index contributed by atoms with van der Waals surface area (Å²) in [5, 5.41) is 2.19. The lowest BCUT2D eigenvalue weighted by atomic mass is 10.0. The average Bonchev–Trinajstić information content (AvgIpc) is 3.11. The van der Waals surface area contributed by atoms with E-state index in [4.69, 9.17) is 16.6 Å². The third kappa shape index (κ3) is 1.97. The molecule has 0 N–H and O–H groups in total. The Kier molecular flexibility index (Phi) is 3.16. The van der Waals surface area contributed by atoms with E-state index in [1.54, 1.807) is 0 Å². The summed E-state index contributed by atoms with van der Waals surface area (Å²) < 4.78 is 2.10. The van der Waals surface area contributed by atoms with Crippen molar-refractivity contribution in [1.29, 1.82) is 0 Å². The van der Waals surface area contributed by atoms with Crippen LogP contribution in [0, 0.1) is 0 Å². The van der Waals surface area contributed by atoms with Crippen molar-refractivity contribution in [3.05, 3.63) is 52.0 Å². The molecule has 1 unspecified atom stereocenters. The van der Waals surface area contributed by atoms with Crippen molar-refractivity contribution in [3.8, 4) is 0 Å². The highest BCUT2D eigenvalue weighted by Crippen LogP contribution is 2.37. The lowest BCUT2D eigenvalue weighted by molar-refractivity contribution is 0.624. The SMILES string of the molecule is CC1c2ccsc2CCN1c1nc2ccccn2c1CCl. The second-order valence-corrected chi connectivity index (χ2v) is 6.63. The molecular weight excluding hydrogens is 302 g/mol. The van der Waals surface area contributed by atoms with Gasteiger partial charge in [-0.15, -0.1) is 22.9 Å². The van der Waals surface area contributed by atoms with Crippen LogP contribution >= 0.6 is 22.9 Å². The molecule has 0 aliphatic carbocycles. The van der Waals surface area contributed by atoms with Gasteiger partial charge in [0.15, 0.2) is 5.82 Å². The fraction of sp³-hybridized carbons (Fsp3) is 0.312. The number of nitrogens with zero attached hydrogens (tertiary/aromatic N) is 3. The first-order valence-corrected chi connectivity index (χ1v) is 8.56. The van der Waals surface area contributed by atoms with E-state index in [1.165, 1.54) is 10.4 Å². The molecule has 0 fully saturated rings. The highest BCUT2D eigenvalue weighted by atomic mass is 35.5. The molecule has 5 heteroatoms. The summed E-state index contributed by atoms with van der Waals surface area (Å²) in [6.07, 6.45) is 3.13. The molecule has 0 bridgehead atoms. The first kappa shape index (κ1) is 13.2. The minimum atomic E-state index is 0.354. The number of imidazole rings is 1. The van der Waals surface area contributed by atoms with Crippen LogP contribution in [0.4, 0.5) is 5.82 Å². The van der Waals surface area contributed by atoms with Crippen LogP contribution in [-0.4, -0.2) is 15.9 Å². The molecule has 0 amide bonds. The van der Waals surface area contributed by atoms with Crippen molar-refractivity contribution >= 4 is 34.4 Å². The zero-order valence-electron chi connectivity index (χ0n) is 11.8. The van der Waals surface area contributed by atoms with Gasteiger partial charge in [0, 0.05) is 17.6 Å². The normalized spacial score (nSPS) is 18.2. The van der Waals surface area contributed by atoms with Crippen LogP contribution in [0.3, 0.4) is 0 Å². The van der Waals surface area contributed by atoms with Crippen LogP contribution in [0.15, 0.2) is 35.8 Å². The molecule has 1 atom stereocenters. The molecule has 3 nitrogen and oxygen atoms in total. The van der Waals surface area contributed by atoms with Crippen molar-refractivity contribution in [2.75, 3.05) is 11.4 Å². The van der Waals surface area contributed by atoms with E-state index in [0.29, 0.717) is 11.9 Å². The molecule has 0 aromatic carbocycles. The van der Waals surface area contributed by atoms with E-state index in [0.717, 1.165) is 30.1 Å². The van der Waals surface area contributed by atoms with Crippen molar-refractivity contribution in [2.45, 2.75) is 25.3 Å². The summed E-state index contributed by atoms with van der Waals surface area (Å²) in [4.78, 5) is 8.72. The van der Waals surface area contributed by atoms with Gasteiger partial charge in [-0.3, -0.25) is 0 Å². The number of halogens is 1. The number of thiophene rings is 1. The molecule has 0 saturated heterocycles. The van der Waals surface area contributed by atoms with Gasteiger partial charge in [0.05, 0.1) is 17.6 Å². The molecule has 4 heterocycles. The first-order chi connectivity index (χ1) is 10.3. The molecular formula is C16H16ClN3S. The molecule has 0 spiro atoms. The lowest BCUT2D eigenvalue weighted by Crippen LogP contribution is -2.34. The van der Waals surface area contributed by atoms with Crippen LogP contribution in [0.25, 0.3) is 5.65 Å². The van der Waals surface area contributed by atoms with Gasteiger partial charge in [-0.2, -0.15) is 0 Å². The van der Waals surface area contributed by atoms with Crippen LogP contribution in [0.5, 0.6) is 0 Å². The summed E-state index contributed by atoms with van der Waals surface area (Å²) in [6.45, 7) is 3.26. The quantitative estimate of drug-likeness (QED) is 0.658. The average molecular weight is 318 g/mol. The third-order valence-corrected chi connectivity index (χ3v) is 5.53. The molecule has 1 aliphatic heterocycles. The maximum absolute atomic E-state index is 6.21. The highest BCUT2D eigenvalue weighted by Gasteiger charge is 2.28. The maximum Gasteiger partial charge on any atom is 0.152 e. The van der Waals surface area contributed by atoms with Gasteiger partial charge >= 0.3 is 0 Å². The molecule has 4 rings (SSSR count). The van der Waals surface area contributed by atoms with Gasteiger partial charge in [0.25, 0.3) is 0 Å². The van der Waals surface area contributed by atoms with Crippen LogP contribution in [0.1, 0.15) is 29.1 Å². The highest BCUT2D eigenvalue weighted by molar-refractivity contribution is 7.10. The maximum atomic E-state index is 6.21. The van der Waals surface area contributed by atoms with E-state index in [-0.39, 0.29) is 0 Å². The zero-order chi connectivity index (χ0) is 14.4. The Morgan fingerprint density at radius 1 is 1.38 bits per heavy atom. The van der Waals surface area contributed by atoms with Gasteiger partial charge in [0.2, 0.25) is 0 Å². The molecule has 21 heavy (non-hydrogen) atoms. The minimum absolute atomic E-state index is 0.354. The summed E-state index contributed by atoms with van der Waals surface area (Å²) in [5.41, 5.74) is 3.48. The van der Waals surface area contributed by atoms with Crippen molar-refractivity contribution < 1.29 is 0 Å². The second-order valence-electron chi connectivity index (χ2n) is 5.36. The number of fused-ring (bicyclic) bond motifs is 2. The summed E-state index contributed by atoms with van der Waals surface area (Å²) in [7, 11) is 0. The molecule has 0 radical (unpaired) electrons. The Balaban J connectivity index is 1.84. The smallest absolute Gasteiger partial charge is 0.152 e. The van der Waals surface area contributed by atoms with Gasteiger partial charge in [-0.25, -0.2) is 4.98 Å². The molecule has 108 valence electrons. The monoisotopic (exact) mass is 317 g/mol. The van der Waals surface area contributed by atoms with Gasteiger partial charge in [0.1, 0.15) is 5.65 Å². The summed E-state index contributed by atoms with van der Waals surface area (Å²) >= 11 is 8.08. The number of rotatable bonds is 2. The molecule has 3 aromatic heterocycles.